The van der Waals surface area contributed by atoms with Crippen molar-refractivity contribution >= 4 is 17.9 Å². The summed E-state index contributed by atoms with van der Waals surface area (Å²) >= 11 is 0. The number of carbonyl (C=O) groups excluding carboxylic acids is 2. The molecule has 4 aliphatic carbocycles. The van der Waals surface area contributed by atoms with Gasteiger partial charge in [-0.05, 0) is 137 Å². The third-order valence-electron chi connectivity index (χ3n) is 15.6. The fourth-order valence-electron chi connectivity index (χ4n) is 12.4. The Balaban J connectivity index is 1.02. The molecule has 0 aromatic carbocycles. The molecule has 0 spiro atoms. The number of allylic oxidation sites excluding steroid dienone is 2. The first-order chi connectivity index (χ1) is 25.5. The molecule has 0 bridgehead atoms. The summed E-state index contributed by atoms with van der Waals surface area (Å²) in [5.74, 6) is 0.990. The summed E-state index contributed by atoms with van der Waals surface area (Å²) in [4.78, 5) is 38.1. The molecule has 5 rings (SSSR count). The maximum absolute atomic E-state index is 12.9. The summed E-state index contributed by atoms with van der Waals surface area (Å²) in [6, 6.07) is 0. The number of ether oxygens (including phenoxy) is 2. The minimum atomic E-state index is -0.674. The van der Waals surface area contributed by atoms with Crippen LogP contribution in [0.15, 0.2) is 30.5 Å². The fraction of sp³-hybridized carbons (Fsp3) is 0.800. The molecule has 4 aliphatic rings. The van der Waals surface area contributed by atoms with E-state index in [1.54, 1.807) is 0 Å². The SMILES string of the molecule is C=C1CCC2[C@](C)(CCC[C@]2(C)C(=O)O)[C@H]1CC[C@@H](C)CC(=O)OCCc1cn(CC[C@H](C)CC[C@H]2C(=C)CCC3[C@]2(C)CCC[C@]3(C)C(=O)OC)nn1. The second kappa shape index (κ2) is 17.0. The number of aryl methyl sites for hydroxylation is 1. The van der Waals surface area contributed by atoms with Crippen molar-refractivity contribution in [3.05, 3.63) is 36.2 Å². The Kier molecular flexibility index (Phi) is 13.3. The number of carboxylic acids is 1. The van der Waals surface area contributed by atoms with Crippen LogP contribution < -0.4 is 0 Å². The Bertz CT molecular complexity index is 1540. The lowest BCUT2D eigenvalue weighted by Crippen LogP contribution is -2.53. The van der Waals surface area contributed by atoms with Gasteiger partial charge in [-0.3, -0.25) is 19.1 Å². The van der Waals surface area contributed by atoms with Gasteiger partial charge in [0, 0.05) is 25.6 Å². The van der Waals surface area contributed by atoms with Crippen LogP contribution in [0.2, 0.25) is 0 Å². The Morgan fingerprint density at radius 1 is 0.870 bits per heavy atom. The van der Waals surface area contributed by atoms with Gasteiger partial charge < -0.3 is 14.6 Å². The second-order valence-electron chi connectivity index (χ2n) is 19.3. The number of nitrogens with zero attached hydrogens (tertiary/aromatic N) is 3. The van der Waals surface area contributed by atoms with Crippen LogP contribution in [0.3, 0.4) is 0 Å². The van der Waals surface area contributed by atoms with E-state index >= 15 is 0 Å². The van der Waals surface area contributed by atoms with Crippen LogP contribution >= 0.6 is 0 Å². The number of carbonyl (C=O) groups is 3. The van der Waals surface area contributed by atoms with Gasteiger partial charge in [0.25, 0.3) is 0 Å². The molecule has 54 heavy (non-hydrogen) atoms. The van der Waals surface area contributed by atoms with Crippen LogP contribution in [0, 0.1) is 57.2 Å². The van der Waals surface area contributed by atoms with Crippen molar-refractivity contribution in [3.8, 4) is 0 Å². The molecular weight excluding hydrogens is 679 g/mol. The van der Waals surface area contributed by atoms with Gasteiger partial charge in [-0.1, -0.05) is 76.5 Å². The number of rotatable bonds is 16. The monoisotopic (exact) mass is 750 g/mol. The number of hydrogen-bond acceptors (Lipinski definition) is 7. The third kappa shape index (κ3) is 8.55. The van der Waals surface area contributed by atoms with Crippen molar-refractivity contribution in [3.63, 3.8) is 0 Å². The molecule has 1 N–H and O–H groups in total. The fourth-order valence-corrected chi connectivity index (χ4v) is 12.4. The predicted molar refractivity (Wildman–Crippen MR) is 211 cm³/mol. The summed E-state index contributed by atoms with van der Waals surface area (Å²) in [5, 5.41) is 18.8. The Hall–Kier alpha value is -2.97. The van der Waals surface area contributed by atoms with Crippen LogP contribution in [0.1, 0.15) is 150 Å². The van der Waals surface area contributed by atoms with E-state index in [1.807, 2.05) is 17.8 Å². The molecule has 0 aliphatic heterocycles. The first-order valence-corrected chi connectivity index (χ1v) is 21.2. The van der Waals surface area contributed by atoms with Gasteiger partial charge in [-0.15, -0.1) is 5.10 Å². The van der Waals surface area contributed by atoms with E-state index in [2.05, 4.69) is 58.1 Å². The van der Waals surface area contributed by atoms with Gasteiger partial charge in [0.1, 0.15) is 0 Å². The minimum absolute atomic E-state index is 0.0489. The highest BCUT2D eigenvalue weighted by Crippen LogP contribution is 2.63. The van der Waals surface area contributed by atoms with E-state index in [0.717, 1.165) is 109 Å². The second-order valence-corrected chi connectivity index (χ2v) is 19.3. The third-order valence-corrected chi connectivity index (χ3v) is 15.6. The average Bonchev–Trinajstić information content (AvgIpc) is 3.56. The lowest BCUT2D eigenvalue weighted by Gasteiger charge is -2.57. The van der Waals surface area contributed by atoms with Crippen molar-refractivity contribution in [2.75, 3.05) is 13.7 Å². The standard InChI is InChI=1S/C45H71N3O6/c1-30(12-16-35-33(4)15-19-38-43(35,6)23-11-25-45(38,8)41(52)53-9)20-26-48-29-34(46-47-48)21-27-54-39(49)28-31(2)13-17-36-32(3)14-18-37-42(36,5)22-10-24-44(37,7)40(50)51/h29-31,35-38H,3-4,10-28H2,1-2,5-9H3,(H,50,51)/t30-,31-,35+,36+,37?,38?,42-,43-,44+,45+/m1/s1. The quantitative estimate of drug-likeness (QED) is 0.131. The summed E-state index contributed by atoms with van der Waals surface area (Å²) in [6.07, 6.45) is 17.6. The molecule has 10 atom stereocenters. The van der Waals surface area contributed by atoms with Gasteiger partial charge >= 0.3 is 17.9 Å². The largest absolute Gasteiger partial charge is 0.481 e. The van der Waals surface area contributed by atoms with Crippen molar-refractivity contribution in [1.82, 2.24) is 15.0 Å². The zero-order valence-corrected chi connectivity index (χ0v) is 34.7. The molecule has 9 nitrogen and oxygen atoms in total. The number of methoxy groups -OCH3 is 1. The first-order valence-electron chi connectivity index (χ1n) is 21.2. The first kappa shape index (κ1) is 42.2. The number of carboxylic acid groups (broad SMARTS) is 1. The Labute approximate surface area is 325 Å². The Morgan fingerprint density at radius 3 is 2.00 bits per heavy atom. The molecule has 1 aromatic rings. The molecule has 2 unspecified atom stereocenters. The smallest absolute Gasteiger partial charge is 0.311 e. The van der Waals surface area contributed by atoms with Crippen molar-refractivity contribution in [1.29, 1.82) is 0 Å². The number of hydrogen-bond donors (Lipinski definition) is 1. The zero-order valence-electron chi connectivity index (χ0n) is 34.7. The van der Waals surface area contributed by atoms with Crippen molar-refractivity contribution in [2.45, 2.75) is 157 Å². The van der Waals surface area contributed by atoms with E-state index in [1.165, 1.54) is 18.3 Å². The zero-order chi connectivity index (χ0) is 39.5. The highest BCUT2D eigenvalue weighted by atomic mass is 16.5. The summed E-state index contributed by atoms with van der Waals surface area (Å²) in [7, 11) is 1.53. The maximum atomic E-state index is 12.9. The Morgan fingerprint density at radius 2 is 1.43 bits per heavy atom. The van der Waals surface area contributed by atoms with Gasteiger partial charge in [0.05, 0.1) is 30.2 Å². The van der Waals surface area contributed by atoms with E-state index in [0.29, 0.717) is 30.6 Å². The molecule has 4 fully saturated rings. The van der Waals surface area contributed by atoms with Crippen LogP contribution in [-0.4, -0.2) is 51.7 Å². The molecule has 1 heterocycles. The number of fused-ring (bicyclic) bond motifs is 2. The molecule has 0 radical (unpaired) electrons. The van der Waals surface area contributed by atoms with Crippen LogP contribution in [0.25, 0.3) is 0 Å². The van der Waals surface area contributed by atoms with Gasteiger partial charge in [-0.2, -0.15) is 0 Å². The molecule has 4 saturated carbocycles. The predicted octanol–water partition coefficient (Wildman–Crippen LogP) is 9.79. The topological polar surface area (TPSA) is 121 Å². The lowest BCUT2D eigenvalue weighted by molar-refractivity contribution is -0.168. The molecule has 302 valence electrons. The van der Waals surface area contributed by atoms with E-state index in [4.69, 9.17) is 9.47 Å². The number of aliphatic carboxylic acids is 1. The average molecular weight is 750 g/mol. The van der Waals surface area contributed by atoms with Gasteiger partial charge in [0.15, 0.2) is 0 Å². The highest BCUT2D eigenvalue weighted by Gasteiger charge is 2.58. The van der Waals surface area contributed by atoms with Gasteiger partial charge in [-0.25, -0.2) is 0 Å². The molecule has 0 amide bonds. The summed E-state index contributed by atoms with van der Waals surface area (Å²) in [6.45, 7) is 23.3. The minimum Gasteiger partial charge on any atom is -0.481 e. The molecule has 9 heteroatoms. The normalized spacial score (nSPS) is 35.0. The van der Waals surface area contributed by atoms with Gasteiger partial charge in [0.2, 0.25) is 0 Å². The number of aromatic nitrogens is 3. The summed E-state index contributed by atoms with van der Waals surface area (Å²) in [5.41, 5.74) is 2.37. The summed E-state index contributed by atoms with van der Waals surface area (Å²) < 4.78 is 12.9. The van der Waals surface area contributed by atoms with Crippen molar-refractivity contribution in [2.24, 2.45) is 57.2 Å². The van der Waals surface area contributed by atoms with E-state index in [9.17, 15) is 19.5 Å². The van der Waals surface area contributed by atoms with E-state index < -0.39 is 16.8 Å². The molecule has 0 saturated heterocycles. The molecular formula is C45H71N3O6. The maximum Gasteiger partial charge on any atom is 0.311 e. The lowest BCUT2D eigenvalue weighted by atomic mass is 9.46. The van der Waals surface area contributed by atoms with E-state index in [-0.39, 0.29) is 47.1 Å². The van der Waals surface area contributed by atoms with Crippen LogP contribution in [0.5, 0.6) is 0 Å². The number of esters is 2. The van der Waals surface area contributed by atoms with Crippen molar-refractivity contribution < 1.29 is 29.0 Å². The van der Waals surface area contributed by atoms with Crippen LogP contribution in [-0.2, 0) is 36.8 Å². The molecule has 1 aromatic heterocycles. The van der Waals surface area contributed by atoms with Crippen LogP contribution in [0.4, 0.5) is 0 Å². The highest BCUT2D eigenvalue weighted by molar-refractivity contribution is 5.77.